The summed E-state index contributed by atoms with van der Waals surface area (Å²) in [7, 11) is -3.34. The molecule has 0 spiro atoms. The maximum Gasteiger partial charge on any atom is 0.250 e. The lowest BCUT2D eigenvalue weighted by atomic mass is 10.2. The second-order valence-electron chi connectivity index (χ2n) is 4.54. The molecule has 0 aliphatic carbocycles. The molecule has 0 aromatic carbocycles. The second-order valence-corrected chi connectivity index (χ2v) is 8.80. The highest BCUT2D eigenvalue weighted by atomic mass is 32.2. The molecule has 2 N–H and O–H groups in total. The first-order valence-corrected chi connectivity index (χ1v) is 9.97. The van der Waals surface area contributed by atoms with Gasteiger partial charge in [0.2, 0.25) is 10.0 Å². The van der Waals surface area contributed by atoms with Gasteiger partial charge in [0.1, 0.15) is 4.21 Å². The van der Waals surface area contributed by atoms with Gasteiger partial charge in [0, 0.05) is 23.2 Å². The van der Waals surface area contributed by atoms with Crippen LogP contribution in [0.5, 0.6) is 0 Å². The monoisotopic (exact) mass is 320 g/mol. The Labute approximate surface area is 123 Å². The van der Waals surface area contributed by atoms with Gasteiger partial charge in [-0.2, -0.15) is 11.8 Å². The van der Waals surface area contributed by atoms with E-state index in [9.17, 15) is 8.42 Å². The standard InChI is InChI=1S/C12H20N2O2S3/c1-2-13-8-11-5-6-12(18-11)19(15,16)14-10-4-3-7-17-9-10/h5-6,10,13-14H,2-4,7-9H2,1H3. The fourth-order valence-electron chi connectivity index (χ4n) is 1.96. The van der Waals surface area contributed by atoms with Crippen LogP contribution in [0.3, 0.4) is 0 Å². The normalized spacial score (nSPS) is 20.6. The molecular formula is C12H20N2O2S3. The van der Waals surface area contributed by atoms with E-state index in [1.807, 2.05) is 24.8 Å². The van der Waals surface area contributed by atoms with Crippen molar-refractivity contribution in [3.8, 4) is 0 Å². The molecule has 2 rings (SSSR count). The number of hydrogen-bond acceptors (Lipinski definition) is 5. The highest BCUT2D eigenvalue weighted by molar-refractivity contribution is 7.99. The predicted octanol–water partition coefficient (Wildman–Crippen LogP) is 2.03. The van der Waals surface area contributed by atoms with Crippen molar-refractivity contribution in [2.75, 3.05) is 18.1 Å². The third kappa shape index (κ3) is 4.46. The molecule has 1 aromatic heterocycles. The van der Waals surface area contributed by atoms with Gasteiger partial charge >= 0.3 is 0 Å². The lowest BCUT2D eigenvalue weighted by Gasteiger charge is -2.21. The molecule has 1 aromatic rings. The Balaban J connectivity index is 1.99. The maximum atomic E-state index is 12.3. The van der Waals surface area contributed by atoms with Gasteiger partial charge in [-0.25, -0.2) is 13.1 Å². The molecule has 1 unspecified atom stereocenters. The molecule has 1 fully saturated rings. The number of thiophene rings is 1. The van der Waals surface area contributed by atoms with Gasteiger partial charge in [0.05, 0.1) is 0 Å². The van der Waals surface area contributed by atoms with Crippen LogP contribution in [0.4, 0.5) is 0 Å². The van der Waals surface area contributed by atoms with E-state index in [1.54, 1.807) is 6.07 Å². The summed E-state index contributed by atoms with van der Waals surface area (Å²) in [4.78, 5) is 1.06. The van der Waals surface area contributed by atoms with E-state index in [4.69, 9.17) is 0 Å². The van der Waals surface area contributed by atoms with Crippen LogP contribution >= 0.6 is 23.1 Å². The molecule has 1 aliphatic rings. The summed E-state index contributed by atoms with van der Waals surface area (Å²) < 4.78 is 27.8. The summed E-state index contributed by atoms with van der Waals surface area (Å²) in [6.45, 7) is 3.65. The average molecular weight is 321 g/mol. The van der Waals surface area contributed by atoms with E-state index in [2.05, 4.69) is 10.0 Å². The molecule has 1 atom stereocenters. The van der Waals surface area contributed by atoms with Crippen LogP contribution in [0.2, 0.25) is 0 Å². The van der Waals surface area contributed by atoms with Crippen LogP contribution in [0.25, 0.3) is 0 Å². The van der Waals surface area contributed by atoms with E-state index in [-0.39, 0.29) is 6.04 Å². The molecule has 0 saturated carbocycles. The fraction of sp³-hybridized carbons (Fsp3) is 0.667. The van der Waals surface area contributed by atoms with Crippen molar-refractivity contribution in [1.29, 1.82) is 0 Å². The minimum atomic E-state index is -3.34. The minimum absolute atomic E-state index is 0.0862. The Hall–Kier alpha value is -0.0800. The van der Waals surface area contributed by atoms with Crippen LogP contribution < -0.4 is 10.0 Å². The van der Waals surface area contributed by atoms with Crippen molar-refractivity contribution in [2.24, 2.45) is 0 Å². The molecule has 4 nitrogen and oxygen atoms in total. The first-order chi connectivity index (χ1) is 9.12. The lowest BCUT2D eigenvalue weighted by Crippen LogP contribution is -2.37. The molecule has 108 valence electrons. The van der Waals surface area contributed by atoms with E-state index in [0.717, 1.165) is 42.3 Å². The summed E-state index contributed by atoms with van der Waals surface area (Å²) in [5.41, 5.74) is 0. The van der Waals surface area contributed by atoms with Crippen LogP contribution in [0.15, 0.2) is 16.3 Å². The molecule has 1 saturated heterocycles. The lowest BCUT2D eigenvalue weighted by molar-refractivity contribution is 0.545. The smallest absolute Gasteiger partial charge is 0.250 e. The van der Waals surface area contributed by atoms with Crippen LogP contribution in [0, 0.1) is 0 Å². The summed E-state index contributed by atoms with van der Waals surface area (Å²) in [5, 5.41) is 3.20. The Morgan fingerprint density at radius 3 is 2.95 bits per heavy atom. The van der Waals surface area contributed by atoms with Gasteiger partial charge in [-0.05, 0) is 37.3 Å². The van der Waals surface area contributed by atoms with Gasteiger partial charge in [-0.1, -0.05) is 6.92 Å². The number of nitrogens with one attached hydrogen (secondary N) is 2. The van der Waals surface area contributed by atoms with Gasteiger partial charge in [0.15, 0.2) is 0 Å². The Kier molecular flexibility index (Phi) is 5.70. The highest BCUT2D eigenvalue weighted by Crippen LogP contribution is 2.24. The number of hydrogen-bond donors (Lipinski definition) is 2. The molecule has 7 heteroatoms. The summed E-state index contributed by atoms with van der Waals surface area (Å²) in [6.07, 6.45) is 2.04. The summed E-state index contributed by atoms with van der Waals surface area (Å²) in [5.74, 6) is 2.03. The van der Waals surface area contributed by atoms with Gasteiger partial charge in [-0.3, -0.25) is 0 Å². The average Bonchev–Trinajstić information content (AvgIpc) is 2.86. The molecular weight excluding hydrogens is 300 g/mol. The Morgan fingerprint density at radius 1 is 1.42 bits per heavy atom. The summed E-state index contributed by atoms with van der Waals surface area (Å²) >= 11 is 3.17. The third-order valence-corrected chi connectivity index (χ3v) is 7.25. The van der Waals surface area contributed by atoms with Crippen LogP contribution in [-0.2, 0) is 16.6 Å². The van der Waals surface area contributed by atoms with E-state index in [1.165, 1.54) is 11.3 Å². The van der Waals surface area contributed by atoms with Crippen molar-refractivity contribution in [2.45, 2.75) is 36.6 Å². The van der Waals surface area contributed by atoms with Gasteiger partial charge < -0.3 is 5.32 Å². The first kappa shape index (κ1) is 15.3. The van der Waals surface area contributed by atoms with Crippen molar-refractivity contribution in [3.05, 3.63) is 17.0 Å². The molecule has 2 heterocycles. The van der Waals surface area contributed by atoms with Crippen molar-refractivity contribution < 1.29 is 8.42 Å². The topological polar surface area (TPSA) is 58.2 Å². The minimum Gasteiger partial charge on any atom is -0.312 e. The van der Waals surface area contributed by atoms with Crippen molar-refractivity contribution in [3.63, 3.8) is 0 Å². The van der Waals surface area contributed by atoms with Gasteiger partial charge in [0.25, 0.3) is 0 Å². The van der Waals surface area contributed by atoms with Gasteiger partial charge in [-0.15, -0.1) is 11.3 Å². The van der Waals surface area contributed by atoms with Crippen molar-refractivity contribution >= 4 is 33.1 Å². The van der Waals surface area contributed by atoms with E-state index in [0.29, 0.717) is 4.21 Å². The van der Waals surface area contributed by atoms with Crippen LogP contribution in [-0.4, -0.2) is 32.5 Å². The predicted molar refractivity (Wildman–Crippen MR) is 82.4 cm³/mol. The zero-order valence-corrected chi connectivity index (χ0v) is 13.5. The second kappa shape index (κ2) is 7.08. The fourth-order valence-corrected chi connectivity index (χ4v) is 5.75. The Morgan fingerprint density at radius 2 is 2.26 bits per heavy atom. The quantitative estimate of drug-likeness (QED) is 0.842. The Bertz CT molecular complexity index is 493. The van der Waals surface area contributed by atoms with Crippen LogP contribution in [0.1, 0.15) is 24.6 Å². The molecule has 19 heavy (non-hydrogen) atoms. The van der Waals surface area contributed by atoms with Crippen molar-refractivity contribution in [1.82, 2.24) is 10.0 Å². The first-order valence-electron chi connectivity index (χ1n) is 6.51. The SMILES string of the molecule is CCNCc1ccc(S(=O)(=O)NC2CCCSC2)s1. The number of sulfonamides is 1. The molecule has 0 bridgehead atoms. The maximum absolute atomic E-state index is 12.3. The zero-order chi connectivity index (χ0) is 13.7. The van der Waals surface area contributed by atoms with E-state index >= 15 is 0 Å². The number of rotatable bonds is 6. The molecule has 0 amide bonds. The number of thioether (sulfide) groups is 1. The molecule has 0 radical (unpaired) electrons. The highest BCUT2D eigenvalue weighted by Gasteiger charge is 2.23. The zero-order valence-electron chi connectivity index (χ0n) is 11.0. The van der Waals surface area contributed by atoms with E-state index < -0.39 is 10.0 Å². The molecule has 1 aliphatic heterocycles. The summed E-state index contributed by atoms with van der Waals surface area (Å²) in [6, 6.07) is 3.68. The largest absolute Gasteiger partial charge is 0.312 e. The third-order valence-electron chi connectivity index (χ3n) is 2.93.